The molecule has 6 heteroatoms. The minimum absolute atomic E-state index is 0.196. The number of amides is 1. The van der Waals surface area contributed by atoms with E-state index in [1.165, 1.54) is 37.3 Å². The van der Waals surface area contributed by atoms with Crippen LogP contribution in [0.4, 0.5) is 0 Å². The third kappa shape index (κ3) is 4.01. The van der Waals surface area contributed by atoms with Gasteiger partial charge in [0.05, 0.1) is 4.88 Å². The van der Waals surface area contributed by atoms with E-state index in [4.69, 9.17) is 5.84 Å². The highest BCUT2D eigenvalue weighted by molar-refractivity contribution is 7.12. The summed E-state index contributed by atoms with van der Waals surface area (Å²) >= 11 is 1.44. The van der Waals surface area contributed by atoms with Gasteiger partial charge in [-0.1, -0.05) is 0 Å². The first-order valence-corrected chi connectivity index (χ1v) is 7.57. The highest BCUT2D eigenvalue weighted by Gasteiger charge is 2.15. The molecular formula is C13H22N4OS. The largest absolute Gasteiger partial charge is 0.302 e. The Bertz CT molecular complexity index is 415. The molecule has 1 saturated heterocycles. The first-order chi connectivity index (χ1) is 9.20. The molecule has 1 aliphatic heterocycles. The molecule has 0 spiro atoms. The van der Waals surface area contributed by atoms with E-state index in [1.54, 1.807) is 0 Å². The molecule has 1 aromatic rings. The summed E-state index contributed by atoms with van der Waals surface area (Å²) in [5, 5.41) is 1.94. The van der Waals surface area contributed by atoms with E-state index in [-0.39, 0.29) is 5.91 Å². The standard InChI is InChI=1S/C13H22N4OS/c1-16(7-8-17-5-2-3-6-17)10-11-4-9-19-12(11)13(18)15-14/h4,9H,2-3,5-8,10,14H2,1H3,(H,15,18). The first kappa shape index (κ1) is 14.5. The van der Waals surface area contributed by atoms with Gasteiger partial charge in [-0.05, 0) is 50.0 Å². The van der Waals surface area contributed by atoms with E-state index >= 15 is 0 Å². The lowest BCUT2D eigenvalue weighted by atomic mass is 10.2. The van der Waals surface area contributed by atoms with Crippen molar-refractivity contribution in [1.29, 1.82) is 0 Å². The number of thiophene rings is 1. The van der Waals surface area contributed by atoms with Gasteiger partial charge in [0, 0.05) is 19.6 Å². The van der Waals surface area contributed by atoms with Gasteiger partial charge < -0.3 is 9.80 Å². The monoisotopic (exact) mass is 282 g/mol. The van der Waals surface area contributed by atoms with Crippen LogP contribution < -0.4 is 11.3 Å². The SMILES string of the molecule is CN(CCN1CCCC1)Cc1ccsc1C(=O)NN. The average molecular weight is 282 g/mol. The molecule has 0 bridgehead atoms. The van der Waals surface area contributed by atoms with Gasteiger partial charge in [-0.15, -0.1) is 11.3 Å². The Morgan fingerprint density at radius 1 is 1.53 bits per heavy atom. The van der Waals surface area contributed by atoms with Gasteiger partial charge in [0.25, 0.3) is 5.91 Å². The quantitative estimate of drug-likeness (QED) is 0.462. The van der Waals surface area contributed by atoms with Crippen molar-refractivity contribution in [3.8, 4) is 0 Å². The summed E-state index contributed by atoms with van der Waals surface area (Å²) in [6.07, 6.45) is 2.66. The van der Waals surface area contributed by atoms with Crippen molar-refractivity contribution in [2.45, 2.75) is 19.4 Å². The highest BCUT2D eigenvalue weighted by Crippen LogP contribution is 2.18. The lowest BCUT2D eigenvalue weighted by Gasteiger charge is -2.21. The molecule has 1 aromatic heterocycles. The number of rotatable bonds is 6. The van der Waals surface area contributed by atoms with Crippen LogP contribution in [0.15, 0.2) is 11.4 Å². The summed E-state index contributed by atoms with van der Waals surface area (Å²) in [4.78, 5) is 17.1. The molecule has 2 rings (SSSR count). The summed E-state index contributed by atoms with van der Waals surface area (Å²) in [7, 11) is 2.10. The smallest absolute Gasteiger partial charge is 0.275 e. The molecule has 5 nitrogen and oxygen atoms in total. The number of likely N-dealkylation sites (tertiary alicyclic amines) is 1. The van der Waals surface area contributed by atoms with Crippen LogP contribution >= 0.6 is 11.3 Å². The summed E-state index contributed by atoms with van der Waals surface area (Å²) in [6.45, 7) is 5.39. The van der Waals surface area contributed by atoms with Crippen molar-refractivity contribution in [1.82, 2.24) is 15.2 Å². The third-order valence-electron chi connectivity index (χ3n) is 3.52. The van der Waals surface area contributed by atoms with Crippen molar-refractivity contribution >= 4 is 17.2 Å². The normalized spacial score (nSPS) is 16.2. The van der Waals surface area contributed by atoms with Crippen molar-refractivity contribution in [3.05, 3.63) is 21.9 Å². The maximum absolute atomic E-state index is 11.6. The number of carbonyl (C=O) groups is 1. The number of nitrogens with two attached hydrogens (primary N) is 1. The van der Waals surface area contributed by atoms with Gasteiger partial charge >= 0.3 is 0 Å². The second-order valence-electron chi connectivity index (χ2n) is 5.03. The number of likely N-dealkylation sites (N-methyl/N-ethyl adjacent to an activating group) is 1. The molecule has 1 amide bonds. The Kier molecular flexibility index (Phi) is 5.33. The molecule has 19 heavy (non-hydrogen) atoms. The number of hydrazine groups is 1. The number of nitrogen functional groups attached to an aromatic ring is 1. The van der Waals surface area contributed by atoms with Crippen LogP contribution in [0.3, 0.4) is 0 Å². The van der Waals surface area contributed by atoms with Crippen molar-refractivity contribution in [3.63, 3.8) is 0 Å². The van der Waals surface area contributed by atoms with E-state index < -0.39 is 0 Å². The van der Waals surface area contributed by atoms with Crippen LogP contribution in [-0.2, 0) is 6.54 Å². The number of nitrogens with one attached hydrogen (secondary N) is 1. The molecule has 1 fully saturated rings. The van der Waals surface area contributed by atoms with Crippen LogP contribution in [0.5, 0.6) is 0 Å². The zero-order valence-electron chi connectivity index (χ0n) is 11.4. The fourth-order valence-corrected chi connectivity index (χ4v) is 3.23. The molecule has 0 atom stereocenters. The van der Waals surface area contributed by atoms with E-state index in [9.17, 15) is 4.79 Å². The van der Waals surface area contributed by atoms with Crippen LogP contribution in [0.25, 0.3) is 0 Å². The summed E-state index contributed by atoms with van der Waals surface area (Å²) < 4.78 is 0. The fraction of sp³-hybridized carbons (Fsp3) is 0.615. The second kappa shape index (κ2) is 7.00. The van der Waals surface area contributed by atoms with Gasteiger partial charge in [0.2, 0.25) is 0 Å². The lowest BCUT2D eigenvalue weighted by Crippen LogP contribution is -2.32. The van der Waals surface area contributed by atoms with Crippen molar-refractivity contribution in [2.24, 2.45) is 5.84 Å². The molecule has 0 unspecified atom stereocenters. The Balaban J connectivity index is 1.82. The van der Waals surface area contributed by atoms with Crippen LogP contribution in [0, 0.1) is 0 Å². The second-order valence-corrected chi connectivity index (χ2v) is 5.95. The van der Waals surface area contributed by atoms with E-state index in [2.05, 4.69) is 22.3 Å². The minimum Gasteiger partial charge on any atom is -0.302 e. The van der Waals surface area contributed by atoms with Gasteiger partial charge in [-0.3, -0.25) is 10.2 Å². The molecular weight excluding hydrogens is 260 g/mol. The molecule has 0 aliphatic carbocycles. The zero-order valence-corrected chi connectivity index (χ0v) is 12.2. The van der Waals surface area contributed by atoms with Crippen LogP contribution in [-0.4, -0.2) is 48.9 Å². The number of hydrogen-bond acceptors (Lipinski definition) is 5. The maximum atomic E-state index is 11.6. The molecule has 2 heterocycles. The molecule has 1 aliphatic rings. The first-order valence-electron chi connectivity index (χ1n) is 6.69. The van der Waals surface area contributed by atoms with Crippen LogP contribution in [0.1, 0.15) is 28.1 Å². The Hall–Kier alpha value is -0.950. The highest BCUT2D eigenvalue weighted by atomic mass is 32.1. The van der Waals surface area contributed by atoms with Gasteiger partial charge in [0.1, 0.15) is 0 Å². The number of nitrogens with zero attached hydrogens (tertiary/aromatic N) is 2. The van der Waals surface area contributed by atoms with E-state index in [1.807, 2.05) is 11.4 Å². The minimum atomic E-state index is -0.196. The van der Waals surface area contributed by atoms with Gasteiger partial charge in [-0.2, -0.15) is 0 Å². The molecule has 106 valence electrons. The fourth-order valence-electron chi connectivity index (χ4n) is 2.41. The maximum Gasteiger partial charge on any atom is 0.275 e. The number of hydrogen-bond donors (Lipinski definition) is 2. The van der Waals surface area contributed by atoms with Gasteiger partial charge in [0.15, 0.2) is 0 Å². The van der Waals surface area contributed by atoms with Crippen molar-refractivity contribution in [2.75, 3.05) is 33.2 Å². The van der Waals surface area contributed by atoms with E-state index in [0.717, 1.165) is 30.1 Å². The van der Waals surface area contributed by atoms with E-state index in [0.29, 0.717) is 0 Å². The summed E-state index contributed by atoms with van der Waals surface area (Å²) in [5.74, 6) is 4.99. The van der Waals surface area contributed by atoms with Crippen molar-refractivity contribution < 1.29 is 4.79 Å². The Morgan fingerprint density at radius 3 is 2.95 bits per heavy atom. The summed E-state index contributed by atoms with van der Waals surface area (Å²) in [6, 6.07) is 2.00. The third-order valence-corrected chi connectivity index (χ3v) is 4.48. The predicted octanol–water partition coefficient (Wildman–Crippen LogP) is 0.879. The Labute approximate surface area is 118 Å². The molecule has 3 N–H and O–H groups in total. The molecule has 0 radical (unpaired) electrons. The average Bonchev–Trinajstić information content (AvgIpc) is 3.06. The molecule has 0 saturated carbocycles. The summed E-state index contributed by atoms with van der Waals surface area (Å²) in [5.41, 5.74) is 3.26. The number of carbonyl (C=O) groups excluding carboxylic acids is 1. The Morgan fingerprint density at radius 2 is 2.26 bits per heavy atom. The lowest BCUT2D eigenvalue weighted by molar-refractivity contribution is 0.0956. The van der Waals surface area contributed by atoms with Crippen LogP contribution in [0.2, 0.25) is 0 Å². The topological polar surface area (TPSA) is 61.6 Å². The predicted molar refractivity (Wildman–Crippen MR) is 78.0 cm³/mol. The zero-order chi connectivity index (χ0) is 13.7. The van der Waals surface area contributed by atoms with Gasteiger partial charge in [-0.25, -0.2) is 5.84 Å². The molecule has 0 aromatic carbocycles.